The van der Waals surface area contributed by atoms with E-state index in [1.807, 2.05) is 31.2 Å². The molecule has 0 aliphatic carbocycles. The second kappa shape index (κ2) is 6.14. The van der Waals surface area contributed by atoms with E-state index in [4.69, 9.17) is 0 Å². The van der Waals surface area contributed by atoms with Crippen LogP contribution in [-0.2, 0) is 11.2 Å². The van der Waals surface area contributed by atoms with E-state index in [1.54, 1.807) is 6.20 Å². The van der Waals surface area contributed by atoms with Crippen molar-refractivity contribution in [2.75, 3.05) is 5.32 Å². The molecule has 2 rings (SSSR count). The molecule has 98 valence electrons. The summed E-state index contributed by atoms with van der Waals surface area (Å²) in [6.07, 6.45) is 2.93. The average molecular weight is 254 g/mol. The van der Waals surface area contributed by atoms with Crippen LogP contribution in [0.1, 0.15) is 23.2 Å². The largest absolute Gasteiger partial charge is 0.325 e. The quantitative estimate of drug-likeness (QED) is 0.909. The first-order chi connectivity index (χ1) is 9.15. The molecule has 0 aliphatic rings. The molecular weight excluding hydrogens is 236 g/mol. The van der Waals surface area contributed by atoms with E-state index in [1.165, 1.54) is 11.1 Å². The van der Waals surface area contributed by atoms with Gasteiger partial charge in [-0.05, 0) is 43.5 Å². The highest BCUT2D eigenvalue weighted by Gasteiger charge is 2.04. The SMILES string of the molecule is Cc1ccc(NC(=O)CCc2ccccc2C)cn1. The molecule has 1 heterocycles. The normalized spacial score (nSPS) is 10.2. The van der Waals surface area contributed by atoms with Crippen molar-refractivity contribution in [3.63, 3.8) is 0 Å². The van der Waals surface area contributed by atoms with E-state index in [9.17, 15) is 4.79 Å². The molecule has 3 nitrogen and oxygen atoms in total. The van der Waals surface area contributed by atoms with Crippen LogP contribution >= 0.6 is 0 Å². The summed E-state index contributed by atoms with van der Waals surface area (Å²) >= 11 is 0. The van der Waals surface area contributed by atoms with Crippen molar-refractivity contribution in [3.05, 3.63) is 59.4 Å². The summed E-state index contributed by atoms with van der Waals surface area (Å²) in [7, 11) is 0. The number of nitrogens with zero attached hydrogens (tertiary/aromatic N) is 1. The first kappa shape index (κ1) is 13.3. The summed E-state index contributed by atoms with van der Waals surface area (Å²) in [6.45, 7) is 3.99. The number of carbonyl (C=O) groups excluding carboxylic acids is 1. The van der Waals surface area contributed by atoms with Gasteiger partial charge in [-0.3, -0.25) is 9.78 Å². The molecule has 2 aromatic rings. The second-order valence-corrected chi connectivity index (χ2v) is 4.66. The lowest BCUT2D eigenvalue weighted by molar-refractivity contribution is -0.116. The summed E-state index contributed by atoms with van der Waals surface area (Å²) in [6, 6.07) is 11.9. The van der Waals surface area contributed by atoms with Crippen LogP contribution in [0.2, 0.25) is 0 Å². The third-order valence-electron chi connectivity index (χ3n) is 3.08. The average Bonchev–Trinajstić information content (AvgIpc) is 2.40. The molecule has 0 radical (unpaired) electrons. The highest BCUT2D eigenvalue weighted by atomic mass is 16.1. The van der Waals surface area contributed by atoms with Crippen LogP contribution in [0.4, 0.5) is 5.69 Å². The monoisotopic (exact) mass is 254 g/mol. The van der Waals surface area contributed by atoms with Gasteiger partial charge in [0.15, 0.2) is 0 Å². The predicted molar refractivity (Wildman–Crippen MR) is 77.1 cm³/mol. The Morgan fingerprint density at radius 2 is 1.95 bits per heavy atom. The molecule has 1 amide bonds. The van der Waals surface area contributed by atoms with Crippen LogP contribution in [-0.4, -0.2) is 10.9 Å². The Morgan fingerprint density at radius 1 is 1.16 bits per heavy atom. The number of aromatic nitrogens is 1. The highest BCUT2D eigenvalue weighted by molar-refractivity contribution is 5.90. The topological polar surface area (TPSA) is 42.0 Å². The number of hydrogen-bond donors (Lipinski definition) is 1. The van der Waals surface area contributed by atoms with Crippen molar-refractivity contribution < 1.29 is 4.79 Å². The Hall–Kier alpha value is -2.16. The predicted octanol–water partition coefficient (Wildman–Crippen LogP) is 3.27. The maximum Gasteiger partial charge on any atom is 0.224 e. The van der Waals surface area contributed by atoms with Crippen molar-refractivity contribution in [2.24, 2.45) is 0 Å². The third-order valence-corrected chi connectivity index (χ3v) is 3.08. The zero-order valence-electron chi connectivity index (χ0n) is 11.3. The Balaban J connectivity index is 1.88. The molecule has 0 fully saturated rings. The first-order valence-electron chi connectivity index (χ1n) is 6.42. The number of pyridine rings is 1. The number of rotatable bonds is 4. The minimum absolute atomic E-state index is 0.0221. The second-order valence-electron chi connectivity index (χ2n) is 4.66. The molecular formula is C16H18N2O. The van der Waals surface area contributed by atoms with Gasteiger partial charge in [0.2, 0.25) is 5.91 Å². The van der Waals surface area contributed by atoms with Gasteiger partial charge in [-0.2, -0.15) is 0 Å². The van der Waals surface area contributed by atoms with E-state index in [0.717, 1.165) is 17.8 Å². The van der Waals surface area contributed by atoms with Crippen molar-refractivity contribution in [3.8, 4) is 0 Å². The lowest BCUT2D eigenvalue weighted by Crippen LogP contribution is -2.12. The van der Waals surface area contributed by atoms with E-state index in [-0.39, 0.29) is 5.91 Å². The van der Waals surface area contributed by atoms with Gasteiger partial charge in [0, 0.05) is 12.1 Å². The zero-order valence-corrected chi connectivity index (χ0v) is 11.3. The molecule has 0 unspecified atom stereocenters. The Bertz CT molecular complexity index is 561. The van der Waals surface area contributed by atoms with Crippen LogP contribution in [0.15, 0.2) is 42.6 Å². The maximum atomic E-state index is 11.8. The van der Waals surface area contributed by atoms with Gasteiger partial charge in [0.1, 0.15) is 0 Å². The van der Waals surface area contributed by atoms with Gasteiger partial charge in [-0.25, -0.2) is 0 Å². The molecule has 1 N–H and O–H groups in total. The first-order valence-corrected chi connectivity index (χ1v) is 6.42. The van der Waals surface area contributed by atoms with Gasteiger partial charge >= 0.3 is 0 Å². The summed E-state index contributed by atoms with van der Waals surface area (Å²) in [4.78, 5) is 16.0. The summed E-state index contributed by atoms with van der Waals surface area (Å²) in [5.74, 6) is 0.0221. The number of benzene rings is 1. The van der Waals surface area contributed by atoms with Crippen LogP contribution in [0.5, 0.6) is 0 Å². The van der Waals surface area contributed by atoms with E-state index in [0.29, 0.717) is 6.42 Å². The molecule has 0 aliphatic heterocycles. The third kappa shape index (κ3) is 3.91. The Kier molecular flexibility index (Phi) is 4.29. The fourth-order valence-corrected chi connectivity index (χ4v) is 1.90. The Labute approximate surface area is 113 Å². The molecule has 0 spiro atoms. The van der Waals surface area contributed by atoms with Crippen LogP contribution in [0, 0.1) is 13.8 Å². The van der Waals surface area contributed by atoms with Crippen molar-refractivity contribution in [1.29, 1.82) is 0 Å². The van der Waals surface area contributed by atoms with Gasteiger partial charge in [-0.1, -0.05) is 24.3 Å². The molecule has 0 atom stereocenters. The number of carbonyl (C=O) groups is 1. The highest BCUT2D eigenvalue weighted by Crippen LogP contribution is 2.11. The summed E-state index contributed by atoms with van der Waals surface area (Å²) in [5, 5.41) is 2.86. The lowest BCUT2D eigenvalue weighted by Gasteiger charge is -2.07. The van der Waals surface area contributed by atoms with Crippen LogP contribution in [0.3, 0.4) is 0 Å². The fraction of sp³-hybridized carbons (Fsp3) is 0.250. The van der Waals surface area contributed by atoms with Gasteiger partial charge in [0.05, 0.1) is 11.9 Å². The van der Waals surface area contributed by atoms with E-state index in [2.05, 4.69) is 29.4 Å². The van der Waals surface area contributed by atoms with Gasteiger partial charge < -0.3 is 5.32 Å². The standard InChI is InChI=1S/C16H18N2O/c1-12-5-3-4-6-14(12)8-10-16(19)18-15-9-7-13(2)17-11-15/h3-7,9,11H,8,10H2,1-2H3,(H,18,19). The van der Waals surface area contributed by atoms with E-state index < -0.39 is 0 Å². The van der Waals surface area contributed by atoms with Crippen LogP contribution in [0.25, 0.3) is 0 Å². The number of hydrogen-bond acceptors (Lipinski definition) is 2. The molecule has 3 heteroatoms. The van der Waals surface area contributed by atoms with Crippen LogP contribution < -0.4 is 5.32 Å². The number of amides is 1. The molecule has 0 bridgehead atoms. The molecule has 19 heavy (non-hydrogen) atoms. The van der Waals surface area contributed by atoms with Crippen molar-refractivity contribution in [1.82, 2.24) is 4.98 Å². The van der Waals surface area contributed by atoms with Gasteiger partial charge in [0.25, 0.3) is 0 Å². The van der Waals surface area contributed by atoms with E-state index >= 15 is 0 Å². The molecule has 0 saturated carbocycles. The minimum atomic E-state index is 0.0221. The number of nitrogens with one attached hydrogen (secondary N) is 1. The molecule has 0 saturated heterocycles. The van der Waals surface area contributed by atoms with Crippen molar-refractivity contribution in [2.45, 2.75) is 26.7 Å². The van der Waals surface area contributed by atoms with Crippen molar-refractivity contribution >= 4 is 11.6 Å². The number of anilines is 1. The fourth-order valence-electron chi connectivity index (χ4n) is 1.90. The summed E-state index contributed by atoms with van der Waals surface area (Å²) in [5.41, 5.74) is 4.14. The Morgan fingerprint density at radius 3 is 2.63 bits per heavy atom. The lowest BCUT2D eigenvalue weighted by atomic mass is 10.0. The molecule has 1 aromatic carbocycles. The summed E-state index contributed by atoms with van der Waals surface area (Å²) < 4.78 is 0. The number of aryl methyl sites for hydroxylation is 3. The molecule has 1 aromatic heterocycles. The smallest absolute Gasteiger partial charge is 0.224 e. The minimum Gasteiger partial charge on any atom is -0.325 e. The van der Waals surface area contributed by atoms with Gasteiger partial charge in [-0.15, -0.1) is 0 Å². The zero-order chi connectivity index (χ0) is 13.7. The maximum absolute atomic E-state index is 11.8.